The predicted molar refractivity (Wildman–Crippen MR) is 68.9 cm³/mol. The lowest BCUT2D eigenvalue weighted by Gasteiger charge is -2.00. The average molecular weight is 255 g/mol. The van der Waals surface area contributed by atoms with Gasteiger partial charge in [-0.3, -0.25) is 14.7 Å². The first kappa shape index (κ1) is 11.1. The number of fused-ring (bicyclic) bond motifs is 1. The van der Waals surface area contributed by atoms with E-state index in [2.05, 4.69) is 25.7 Å². The highest BCUT2D eigenvalue weighted by molar-refractivity contribution is 6.06. The normalized spacial score (nSPS) is 10.5. The summed E-state index contributed by atoms with van der Waals surface area (Å²) in [7, 11) is 0. The minimum Gasteiger partial charge on any atom is -0.303 e. The van der Waals surface area contributed by atoms with Crippen molar-refractivity contribution in [1.82, 2.24) is 20.4 Å². The third-order valence-corrected chi connectivity index (χ3v) is 2.61. The summed E-state index contributed by atoms with van der Waals surface area (Å²) >= 11 is 0. The largest absolute Gasteiger partial charge is 0.303 e. The van der Waals surface area contributed by atoms with Gasteiger partial charge in [0.15, 0.2) is 5.82 Å². The van der Waals surface area contributed by atoms with Crippen molar-refractivity contribution in [3.63, 3.8) is 0 Å². The van der Waals surface area contributed by atoms with Crippen LogP contribution in [-0.2, 0) is 0 Å². The van der Waals surface area contributed by atoms with Gasteiger partial charge >= 0.3 is 0 Å². The van der Waals surface area contributed by atoms with Crippen molar-refractivity contribution >= 4 is 22.6 Å². The average Bonchev–Trinajstić information content (AvgIpc) is 2.83. The zero-order chi connectivity index (χ0) is 13.2. The number of para-hydroxylation sites is 1. The quantitative estimate of drug-likeness (QED) is 0.632. The summed E-state index contributed by atoms with van der Waals surface area (Å²) in [6, 6.07) is 10.0. The molecule has 2 heterocycles. The lowest BCUT2D eigenvalue weighted by Crippen LogP contribution is -2.17. The number of carbonyl (C=O) groups excluding carboxylic acids is 1. The Morgan fingerprint density at radius 1 is 1.05 bits per heavy atom. The van der Waals surface area contributed by atoms with Crippen molar-refractivity contribution in [2.24, 2.45) is 0 Å². The van der Waals surface area contributed by atoms with Gasteiger partial charge in [0, 0.05) is 11.5 Å². The minimum atomic E-state index is -0.437. The maximum Gasteiger partial charge on any atom is 0.277 e. The van der Waals surface area contributed by atoms with Crippen LogP contribution in [0.1, 0.15) is 10.5 Å². The third kappa shape index (κ3) is 2.08. The molecule has 3 aromatic rings. The molecule has 1 aromatic carbocycles. The van der Waals surface area contributed by atoms with E-state index in [0.717, 1.165) is 10.9 Å². The summed E-state index contributed by atoms with van der Waals surface area (Å²) in [4.78, 5) is 22.8. The van der Waals surface area contributed by atoms with E-state index in [4.69, 9.17) is 0 Å². The summed E-state index contributed by atoms with van der Waals surface area (Å²) in [6.45, 7) is 0. The van der Waals surface area contributed by atoms with Gasteiger partial charge in [-0.25, -0.2) is 5.10 Å². The number of anilines is 1. The number of hydrogen-bond donors (Lipinski definition) is 3. The van der Waals surface area contributed by atoms with E-state index in [-0.39, 0.29) is 11.3 Å². The molecule has 0 radical (unpaired) electrons. The van der Waals surface area contributed by atoms with E-state index in [9.17, 15) is 9.59 Å². The Morgan fingerprint density at radius 2 is 1.89 bits per heavy atom. The fraction of sp³-hybridized carbons (Fsp3) is 0. The van der Waals surface area contributed by atoms with Gasteiger partial charge < -0.3 is 5.32 Å². The van der Waals surface area contributed by atoms with Crippen LogP contribution in [0.3, 0.4) is 0 Å². The number of nitrogens with one attached hydrogen (secondary N) is 3. The first-order valence-corrected chi connectivity index (χ1v) is 5.54. The van der Waals surface area contributed by atoms with Gasteiger partial charge in [-0.1, -0.05) is 12.1 Å². The van der Waals surface area contributed by atoms with E-state index in [0.29, 0.717) is 5.82 Å². The number of hydrogen-bond acceptors (Lipinski definition) is 4. The van der Waals surface area contributed by atoms with Gasteiger partial charge in [0.25, 0.3) is 11.5 Å². The SMILES string of the molecule is O=C(Nc1n[nH]c2ccccc12)c1ccc(=O)[nH]n1. The van der Waals surface area contributed by atoms with Gasteiger partial charge in [-0.2, -0.15) is 10.2 Å². The summed E-state index contributed by atoms with van der Waals surface area (Å²) in [6.07, 6.45) is 0. The van der Waals surface area contributed by atoms with Crippen LogP contribution in [-0.4, -0.2) is 26.3 Å². The number of benzene rings is 1. The monoisotopic (exact) mass is 255 g/mol. The molecule has 1 amide bonds. The second-order valence-corrected chi connectivity index (χ2v) is 3.88. The fourth-order valence-electron chi connectivity index (χ4n) is 1.70. The molecule has 0 aliphatic heterocycles. The maximum atomic E-state index is 11.9. The molecular formula is C12H9N5O2. The van der Waals surface area contributed by atoms with Crippen molar-refractivity contribution in [3.05, 3.63) is 52.4 Å². The van der Waals surface area contributed by atoms with E-state index in [1.54, 1.807) is 0 Å². The molecular weight excluding hydrogens is 246 g/mol. The molecule has 0 fully saturated rings. The Morgan fingerprint density at radius 3 is 2.68 bits per heavy atom. The summed E-state index contributed by atoms with van der Waals surface area (Å²) < 4.78 is 0. The van der Waals surface area contributed by atoms with E-state index in [1.165, 1.54) is 12.1 Å². The van der Waals surface area contributed by atoms with Gasteiger partial charge in [-0.05, 0) is 18.2 Å². The van der Waals surface area contributed by atoms with Crippen molar-refractivity contribution in [1.29, 1.82) is 0 Å². The van der Waals surface area contributed by atoms with Gasteiger partial charge in [0.1, 0.15) is 5.69 Å². The van der Waals surface area contributed by atoms with Crippen LogP contribution >= 0.6 is 0 Å². The molecule has 3 N–H and O–H groups in total. The van der Waals surface area contributed by atoms with Crippen molar-refractivity contribution in [2.75, 3.05) is 5.32 Å². The topological polar surface area (TPSA) is 104 Å². The second-order valence-electron chi connectivity index (χ2n) is 3.88. The lowest BCUT2D eigenvalue weighted by molar-refractivity contribution is 0.102. The molecule has 0 aliphatic carbocycles. The van der Waals surface area contributed by atoms with Crippen LogP contribution < -0.4 is 10.9 Å². The predicted octanol–water partition coefficient (Wildman–Crippen LogP) is 0.898. The smallest absolute Gasteiger partial charge is 0.277 e. The zero-order valence-electron chi connectivity index (χ0n) is 9.68. The number of H-pyrrole nitrogens is 2. The lowest BCUT2D eigenvalue weighted by atomic mass is 10.2. The fourth-order valence-corrected chi connectivity index (χ4v) is 1.70. The Balaban J connectivity index is 1.90. The zero-order valence-corrected chi connectivity index (χ0v) is 9.68. The standard InChI is InChI=1S/C12H9N5O2/c18-10-6-5-9(15-16-10)12(19)13-11-7-3-1-2-4-8(7)14-17-11/h1-6H,(H,16,18)(H2,13,14,17,19). The molecule has 3 rings (SSSR count). The summed E-state index contributed by atoms with van der Waals surface area (Å²) in [5.41, 5.74) is 0.584. The van der Waals surface area contributed by atoms with Crippen LogP contribution in [0.4, 0.5) is 5.82 Å². The maximum absolute atomic E-state index is 11.9. The van der Waals surface area contributed by atoms with Crippen LogP contribution in [0.25, 0.3) is 10.9 Å². The van der Waals surface area contributed by atoms with Gasteiger partial charge in [0.05, 0.1) is 5.52 Å². The van der Waals surface area contributed by atoms with Gasteiger partial charge in [-0.15, -0.1) is 0 Å². The first-order valence-electron chi connectivity index (χ1n) is 5.54. The summed E-state index contributed by atoms with van der Waals surface area (Å²) in [5.74, 6) is -0.0119. The molecule has 0 spiro atoms. The van der Waals surface area contributed by atoms with Crippen LogP contribution in [0.15, 0.2) is 41.2 Å². The Bertz CT molecular complexity index is 784. The number of aromatic amines is 2. The molecule has 2 aromatic heterocycles. The van der Waals surface area contributed by atoms with Crippen molar-refractivity contribution in [3.8, 4) is 0 Å². The molecule has 94 valence electrons. The van der Waals surface area contributed by atoms with E-state index < -0.39 is 5.91 Å². The molecule has 0 saturated carbocycles. The molecule has 0 atom stereocenters. The molecule has 0 saturated heterocycles. The Kier molecular flexibility index (Phi) is 2.57. The number of aromatic nitrogens is 4. The molecule has 7 heteroatoms. The van der Waals surface area contributed by atoms with Crippen LogP contribution in [0.5, 0.6) is 0 Å². The van der Waals surface area contributed by atoms with Gasteiger partial charge in [0.2, 0.25) is 0 Å². The molecule has 0 unspecified atom stereocenters. The molecule has 19 heavy (non-hydrogen) atoms. The Hall–Kier alpha value is -2.96. The minimum absolute atomic E-state index is 0.117. The highest BCUT2D eigenvalue weighted by atomic mass is 16.2. The number of amides is 1. The number of nitrogens with zero attached hydrogens (tertiary/aromatic N) is 2. The highest BCUT2D eigenvalue weighted by Gasteiger charge is 2.11. The van der Waals surface area contributed by atoms with E-state index in [1.807, 2.05) is 24.3 Å². The highest BCUT2D eigenvalue weighted by Crippen LogP contribution is 2.19. The Labute approximate surface area is 106 Å². The molecule has 0 aliphatic rings. The number of carbonyl (C=O) groups is 1. The van der Waals surface area contributed by atoms with Crippen LogP contribution in [0.2, 0.25) is 0 Å². The second kappa shape index (κ2) is 4.37. The molecule has 7 nitrogen and oxygen atoms in total. The van der Waals surface area contributed by atoms with Crippen molar-refractivity contribution < 1.29 is 4.79 Å². The first-order chi connectivity index (χ1) is 9.24. The molecule has 0 bridgehead atoms. The van der Waals surface area contributed by atoms with Crippen molar-refractivity contribution in [2.45, 2.75) is 0 Å². The summed E-state index contributed by atoms with van der Waals surface area (Å²) in [5, 5.41) is 16.1. The third-order valence-electron chi connectivity index (χ3n) is 2.61. The van der Waals surface area contributed by atoms with Crippen LogP contribution in [0, 0.1) is 0 Å². The van der Waals surface area contributed by atoms with E-state index >= 15 is 0 Å². The number of rotatable bonds is 2.